The van der Waals surface area contributed by atoms with Crippen LogP contribution >= 0.6 is 11.8 Å². The summed E-state index contributed by atoms with van der Waals surface area (Å²) in [6.45, 7) is -0.244. The van der Waals surface area contributed by atoms with Crippen molar-refractivity contribution in [3.8, 4) is 0 Å². The summed E-state index contributed by atoms with van der Waals surface area (Å²) in [7, 11) is 1.30. The maximum atomic E-state index is 12.7. The van der Waals surface area contributed by atoms with Gasteiger partial charge in [0.25, 0.3) is 0 Å². The van der Waals surface area contributed by atoms with Gasteiger partial charge in [0.2, 0.25) is 5.91 Å². The number of methoxy groups -OCH3 is 1. The zero-order chi connectivity index (χ0) is 21.8. The number of anilines is 1. The molecule has 1 aliphatic rings. The number of hydrogen-bond donors (Lipinski definition) is 1. The Balaban J connectivity index is 1.44. The second-order valence-corrected chi connectivity index (χ2v) is 8.70. The molecule has 0 aliphatic heterocycles. The molecule has 1 N–H and O–H groups in total. The Labute approximate surface area is 182 Å². The number of nitrogens with zero attached hydrogens (tertiary/aromatic N) is 4. The number of carbonyl (C=O) groups is 2. The van der Waals surface area contributed by atoms with Crippen LogP contribution in [-0.2, 0) is 16.1 Å². The highest BCUT2D eigenvalue weighted by Gasteiger charge is 2.17. The first-order valence-corrected chi connectivity index (χ1v) is 11.0. The molecule has 2 aromatic heterocycles. The van der Waals surface area contributed by atoms with E-state index in [2.05, 4.69) is 20.3 Å². The topological polar surface area (TPSA) is 108 Å². The van der Waals surface area contributed by atoms with Crippen molar-refractivity contribution in [2.24, 2.45) is 0 Å². The van der Waals surface area contributed by atoms with Crippen LogP contribution in [0.15, 0.2) is 46.2 Å². The van der Waals surface area contributed by atoms with Crippen molar-refractivity contribution < 1.29 is 14.3 Å². The van der Waals surface area contributed by atoms with E-state index in [-0.39, 0.29) is 6.54 Å². The molecule has 2 heterocycles. The number of thioether (sulfide) groups is 1. The van der Waals surface area contributed by atoms with E-state index in [4.69, 9.17) is 0 Å². The molecule has 0 spiro atoms. The largest absolute Gasteiger partial charge is 0.465 e. The Morgan fingerprint density at radius 1 is 1.10 bits per heavy atom. The van der Waals surface area contributed by atoms with Crippen molar-refractivity contribution >= 4 is 35.0 Å². The van der Waals surface area contributed by atoms with Gasteiger partial charge in [0.05, 0.1) is 12.7 Å². The number of amides is 1. The van der Waals surface area contributed by atoms with Crippen LogP contribution in [0.5, 0.6) is 0 Å². The van der Waals surface area contributed by atoms with Crippen LogP contribution in [0.2, 0.25) is 0 Å². The third kappa shape index (κ3) is 4.96. The first-order chi connectivity index (χ1) is 15.0. The van der Waals surface area contributed by atoms with E-state index in [9.17, 15) is 14.4 Å². The molecule has 162 valence electrons. The van der Waals surface area contributed by atoms with E-state index in [1.807, 2.05) is 6.07 Å². The summed E-state index contributed by atoms with van der Waals surface area (Å²) in [6.07, 6.45) is 6.09. The van der Waals surface area contributed by atoms with Crippen LogP contribution in [0, 0.1) is 0 Å². The van der Waals surface area contributed by atoms with E-state index in [1.165, 1.54) is 43.7 Å². The molecule has 0 atom stereocenters. The summed E-state index contributed by atoms with van der Waals surface area (Å²) in [5.74, 6) is -0.865. The SMILES string of the molecule is COC(=O)c1ccc(NC(=O)Cn2nc3ccc(SC4CCCCC4)nn3c2=O)cc1. The van der Waals surface area contributed by atoms with Crippen LogP contribution in [-0.4, -0.2) is 43.6 Å². The minimum Gasteiger partial charge on any atom is -0.465 e. The number of hydrogen-bond acceptors (Lipinski definition) is 7. The molecule has 10 heteroatoms. The molecular formula is C21H23N5O4S. The quantitative estimate of drug-likeness (QED) is 0.586. The summed E-state index contributed by atoms with van der Waals surface area (Å²) < 4.78 is 6.98. The second kappa shape index (κ2) is 9.34. The van der Waals surface area contributed by atoms with Crippen molar-refractivity contribution in [3.05, 3.63) is 52.4 Å². The van der Waals surface area contributed by atoms with E-state index in [0.29, 0.717) is 22.1 Å². The maximum Gasteiger partial charge on any atom is 0.367 e. The van der Waals surface area contributed by atoms with Gasteiger partial charge >= 0.3 is 11.7 Å². The highest BCUT2D eigenvalue weighted by Crippen LogP contribution is 2.32. The van der Waals surface area contributed by atoms with Crippen LogP contribution in [0.4, 0.5) is 5.69 Å². The predicted molar refractivity (Wildman–Crippen MR) is 116 cm³/mol. The number of rotatable bonds is 6. The Bertz CT molecular complexity index is 1150. The van der Waals surface area contributed by atoms with E-state index >= 15 is 0 Å². The van der Waals surface area contributed by atoms with Crippen molar-refractivity contribution in [2.45, 2.75) is 48.9 Å². The molecule has 1 saturated carbocycles. The highest BCUT2D eigenvalue weighted by molar-refractivity contribution is 7.99. The van der Waals surface area contributed by atoms with Gasteiger partial charge in [0, 0.05) is 10.9 Å². The molecule has 4 rings (SSSR count). The molecule has 0 saturated heterocycles. The van der Waals surface area contributed by atoms with Gasteiger partial charge in [-0.25, -0.2) is 14.3 Å². The number of ether oxygens (including phenoxy) is 1. The summed E-state index contributed by atoms with van der Waals surface area (Å²) in [6, 6.07) is 9.90. The Morgan fingerprint density at radius 3 is 2.55 bits per heavy atom. The van der Waals surface area contributed by atoms with Crippen molar-refractivity contribution in [1.29, 1.82) is 0 Å². The van der Waals surface area contributed by atoms with Crippen LogP contribution in [0.25, 0.3) is 5.65 Å². The molecule has 0 radical (unpaired) electrons. The van der Waals surface area contributed by atoms with Crippen LogP contribution in [0.3, 0.4) is 0 Å². The average Bonchev–Trinajstić information content (AvgIpc) is 3.09. The minimum atomic E-state index is -0.461. The standard InChI is InChI=1S/C21H23N5O4S/c1-30-20(28)14-7-9-15(10-8-14)22-18(27)13-25-21(29)26-17(23-25)11-12-19(24-26)31-16-5-3-2-4-6-16/h7-12,16H,2-6,13H2,1H3,(H,22,27). The average molecular weight is 442 g/mol. The molecule has 1 aromatic carbocycles. The smallest absolute Gasteiger partial charge is 0.367 e. The summed E-state index contributed by atoms with van der Waals surface area (Å²) in [4.78, 5) is 36.5. The summed E-state index contributed by atoms with van der Waals surface area (Å²) in [5, 5.41) is 12.6. The molecule has 3 aromatic rings. The third-order valence-electron chi connectivity index (χ3n) is 5.14. The van der Waals surface area contributed by atoms with Crippen molar-refractivity contribution in [3.63, 3.8) is 0 Å². The maximum absolute atomic E-state index is 12.7. The lowest BCUT2D eigenvalue weighted by atomic mass is 10.0. The lowest BCUT2D eigenvalue weighted by Crippen LogP contribution is -2.29. The first-order valence-electron chi connectivity index (χ1n) is 10.2. The molecule has 0 bridgehead atoms. The predicted octanol–water partition coefficient (Wildman–Crippen LogP) is 2.74. The summed E-state index contributed by atoms with van der Waals surface area (Å²) in [5.41, 5.74) is 0.814. The van der Waals surface area contributed by atoms with Gasteiger partial charge in [-0.1, -0.05) is 19.3 Å². The van der Waals surface area contributed by atoms with E-state index < -0.39 is 17.6 Å². The van der Waals surface area contributed by atoms with E-state index in [0.717, 1.165) is 9.71 Å². The normalized spacial score (nSPS) is 14.5. The molecule has 1 fully saturated rings. The second-order valence-electron chi connectivity index (χ2n) is 7.38. The molecule has 1 aliphatic carbocycles. The molecule has 1 amide bonds. The van der Waals surface area contributed by atoms with Gasteiger partial charge in [0.1, 0.15) is 11.6 Å². The number of fused-ring (bicyclic) bond motifs is 1. The third-order valence-corrected chi connectivity index (χ3v) is 6.40. The van der Waals surface area contributed by atoms with Gasteiger partial charge in [-0.15, -0.1) is 16.9 Å². The summed E-state index contributed by atoms with van der Waals surface area (Å²) >= 11 is 1.70. The van der Waals surface area contributed by atoms with Gasteiger partial charge in [-0.05, 0) is 49.2 Å². The van der Waals surface area contributed by atoms with E-state index in [1.54, 1.807) is 42.1 Å². The number of aromatic nitrogens is 4. The van der Waals surface area contributed by atoms with Gasteiger partial charge < -0.3 is 10.1 Å². The van der Waals surface area contributed by atoms with Crippen molar-refractivity contribution in [1.82, 2.24) is 19.4 Å². The number of carbonyl (C=O) groups excluding carboxylic acids is 2. The van der Waals surface area contributed by atoms with Gasteiger partial charge in [0.15, 0.2) is 5.65 Å². The Hall–Kier alpha value is -3.14. The number of nitrogens with one attached hydrogen (secondary N) is 1. The fourth-order valence-electron chi connectivity index (χ4n) is 3.56. The molecular weight excluding hydrogens is 418 g/mol. The van der Waals surface area contributed by atoms with Crippen LogP contribution < -0.4 is 11.0 Å². The lowest BCUT2D eigenvalue weighted by Gasteiger charge is -2.20. The fraction of sp³-hybridized carbons (Fsp3) is 0.381. The lowest BCUT2D eigenvalue weighted by molar-refractivity contribution is -0.117. The van der Waals surface area contributed by atoms with Crippen molar-refractivity contribution in [2.75, 3.05) is 12.4 Å². The number of benzene rings is 1. The highest BCUT2D eigenvalue weighted by atomic mass is 32.2. The molecule has 31 heavy (non-hydrogen) atoms. The zero-order valence-corrected chi connectivity index (χ0v) is 17.9. The van der Waals surface area contributed by atoms with Gasteiger partial charge in [-0.2, -0.15) is 9.61 Å². The Kier molecular flexibility index (Phi) is 6.36. The van der Waals surface area contributed by atoms with Gasteiger partial charge in [-0.3, -0.25) is 4.79 Å². The van der Waals surface area contributed by atoms with Crippen LogP contribution in [0.1, 0.15) is 42.5 Å². The zero-order valence-electron chi connectivity index (χ0n) is 17.1. The Morgan fingerprint density at radius 2 is 1.84 bits per heavy atom. The number of esters is 1. The molecule has 9 nitrogen and oxygen atoms in total. The minimum absolute atomic E-state index is 0.244. The monoisotopic (exact) mass is 441 g/mol. The molecule has 0 unspecified atom stereocenters. The fourth-order valence-corrected chi connectivity index (χ4v) is 4.74. The first kappa shape index (κ1) is 21.1.